The van der Waals surface area contributed by atoms with Crippen molar-refractivity contribution >= 4 is 0 Å². The summed E-state index contributed by atoms with van der Waals surface area (Å²) in [6, 6.07) is 22.2. The van der Waals surface area contributed by atoms with Crippen molar-refractivity contribution in [3.05, 3.63) is 95.6 Å². The van der Waals surface area contributed by atoms with E-state index >= 15 is 0 Å². The first-order valence-electron chi connectivity index (χ1n) is 9.69. The second kappa shape index (κ2) is 9.01. The molecule has 0 aliphatic heterocycles. The zero-order valence-corrected chi connectivity index (χ0v) is 16.5. The molecule has 0 unspecified atom stereocenters. The lowest BCUT2D eigenvalue weighted by Gasteiger charge is -2.32. The van der Waals surface area contributed by atoms with E-state index in [4.69, 9.17) is 0 Å². The van der Waals surface area contributed by atoms with Gasteiger partial charge >= 0.3 is 0 Å². The summed E-state index contributed by atoms with van der Waals surface area (Å²) < 4.78 is 15.4. The molecule has 1 heterocycles. The van der Waals surface area contributed by atoms with Gasteiger partial charge in [-0.15, -0.1) is 0 Å². The number of rotatable bonds is 8. The Kier molecular flexibility index (Phi) is 6.46. The molecule has 0 saturated heterocycles. The summed E-state index contributed by atoms with van der Waals surface area (Å²) in [4.78, 5) is 2.54. The van der Waals surface area contributed by atoms with Crippen LogP contribution in [0.1, 0.15) is 37.6 Å². The lowest BCUT2D eigenvalue weighted by molar-refractivity contribution is 0.148. The van der Waals surface area contributed by atoms with Crippen LogP contribution in [0, 0.1) is 11.7 Å². The highest BCUT2D eigenvalue weighted by Gasteiger charge is 2.19. The molecule has 142 valence electrons. The van der Waals surface area contributed by atoms with Gasteiger partial charge in [0.25, 0.3) is 0 Å². The summed E-state index contributed by atoms with van der Waals surface area (Å²) >= 11 is 0. The number of benzene rings is 2. The van der Waals surface area contributed by atoms with Gasteiger partial charge in [0.15, 0.2) is 0 Å². The molecule has 0 radical (unpaired) electrons. The van der Waals surface area contributed by atoms with E-state index in [1.54, 1.807) is 0 Å². The van der Waals surface area contributed by atoms with Crippen molar-refractivity contribution in [2.24, 2.45) is 5.92 Å². The Morgan fingerprint density at radius 1 is 0.815 bits per heavy atom. The van der Waals surface area contributed by atoms with Crippen LogP contribution in [0.15, 0.2) is 72.9 Å². The molecule has 27 heavy (non-hydrogen) atoms. The first kappa shape index (κ1) is 19.4. The maximum absolute atomic E-state index is 13.2. The van der Waals surface area contributed by atoms with Crippen molar-refractivity contribution in [1.82, 2.24) is 9.47 Å². The number of hydrogen-bond donors (Lipinski definition) is 0. The van der Waals surface area contributed by atoms with E-state index in [-0.39, 0.29) is 5.82 Å². The normalized spacial score (nSPS) is 12.7. The predicted molar refractivity (Wildman–Crippen MR) is 110 cm³/mol. The molecule has 0 fully saturated rings. The second-order valence-electron chi connectivity index (χ2n) is 7.63. The quantitative estimate of drug-likeness (QED) is 0.496. The van der Waals surface area contributed by atoms with E-state index < -0.39 is 0 Å². The predicted octanol–water partition coefficient (Wildman–Crippen LogP) is 5.72. The van der Waals surface area contributed by atoms with Crippen molar-refractivity contribution in [2.45, 2.75) is 46.4 Å². The van der Waals surface area contributed by atoms with Crippen molar-refractivity contribution in [3.8, 4) is 0 Å². The fourth-order valence-electron chi connectivity index (χ4n) is 3.33. The number of nitrogens with zero attached hydrogens (tertiary/aromatic N) is 2. The van der Waals surface area contributed by atoms with E-state index in [0.717, 1.165) is 25.2 Å². The van der Waals surface area contributed by atoms with Crippen LogP contribution in [0.4, 0.5) is 4.39 Å². The van der Waals surface area contributed by atoms with Gasteiger partial charge in [-0.05, 0) is 48.2 Å². The molecule has 3 rings (SSSR count). The molecule has 0 aliphatic rings. The average Bonchev–Trinajstić information content (AvgIpc) is 3.10. The third-order valence-corrected chi connectivity index (χ3v) is 5.32. The molecule has 2 aromatic carbocycles. The maximum Gasteiger partial charge on any atom is 0.123 e. The van der Waals surface area contributed by atoms with Crippen LogP contribution in [0.5, 0.6) is 0 Å². The van der Waals surface area contributed by atoms with Gasteiger partial charge in [0.1, 0.15) is 5.82 Å². The van der Waals surface area contributed by atoms with Crippen LogP contribution in [-0.2, 0) is 19.6 Å². The smallest absolute Gasteiger partial charge is 0.123 e. The zero-order valence-electron chi connectivity index (χ0n) is 16.5. The fourth-order valence-corrected chi connectivity index (χ4v) is 3.33. The topological polar surface area (TPSA) is 8.17 Å². The fraction of sp³-hybridized carbons (Fsp3) is 0.333. The lowest BCUT2D eigenvalue weighted by atomic mass is 10.0. The number of halogens is 1. The molecule has 2 nitrogen and oxygen atoms in total. The van der Waals surface area contributed by atoms with Gasteiger partial charge in [-0.25, -0.2) is 4.39 Å². The van der Waals surface area contributed by atoms with Crippen molar-refractivity contribution in [2.75, 3.05) is 0 Å². The first-order valence-corrected chi connectivity index (χ1v) is 9.69. The van der Waals surface area contributed by atoms with E-state index in [1.807, 2.05) is 12.1 Å². The third kappa shape index (κ3) is 5.30. The highest BCUT2D eigenvalue weighted by molar-refractivity contribution is 5.19. The minimum atomic E-state index is -0.189. The SMILES string of the molecule is CC(C)[C@H](C)N(Cc1ccccc1)Cc1cccn1Cc1ccc(F)cc1. The number of hydrogen-bond acceptors (Lipinski definition) is 1. The van der Waals surface area contributed by atoms with Gasteiger partial charge in [-0.3, -0.25) is 4.90 Å². The highest BCUT2D eigenvalue weighted by Crippen LogP contribution is 2.19. The maximum atomic E-state index is 13.2. The van der Waals surface area contributed by atoms with Gasteiger partial charge < -0.3 is 4.57 Å². The van der Waals surface area contributed by atoms with Gasteiger partial charge in [-0.2, -0.15) is 0 Å². The van der Waals surface area contributed by atoms with Gasteiger partial charge in [0.05, 0.1) is 0 Å². The van der Waals surface area contributed by atoms with E-state index in [2.05, 4.69) is 78.9 Å². The summed E-state index contributed by atoms with van der Waals surface area (Å²) in [5.41, 5.74) is 3.73. The third-order valence-electron chi connectivity index (χ3n) is 5.32. The molecule has 1 atom stereocenters. The molecular weight excluding hydrogens is 335 g/mol. The van der Waals surface area contributed by atoms with Crippen LogP contribution >= 0.6 is 0 Å². The Morgan fingerprint density at radius 3 is 2.19 bits per heavy atom. The molecule has 3 aromatic rings. The molecule has 0 N–H and O–H groups in total. The molecule has 0 aliphatic carbocycles. The monoisotopic (exact) mass is 364 g/mol. The summed E-state index contributed by atoms with van der Waals surface area (Å²) in [7, 11) is 0. The summed E-state index contributed by atoms with van der Waals surface area (Å²) in [6.07, 6.45) is 2.11. The van der Waals surface area contributed by atoms with Crippen LogP contribution in [0.3, 0.4) is 0 Å². The van der Waals surface area contributed by atoms with E-state index in [0.29, 0.717) is 12.0 Å². The standard InChI is InChI=1S/C24H29FN2/c1-19(2)20(3)27(17-21-8-5-4-6-9-21)18-24-10-7-15-26(24)16-22-11-13-23(25)14-12-22/h4-15,19-20H,16-18H2,1-3H3/t20-/m0/s1. The van der Waals surface area contributed by atoms with Crippen molar-refractivity contribution < 1.29 is 4.39 Å². The average molecular weight is 365 g/mol. The Bertz CT molecular complexity index is 821. The summed E-state index contributed by atoms with van der Waals surface area (Å²) in [6.45, 7) is 9.45. The van der Waals surface area contributed by atoms with Crippen LogP contribution in [-0.4, -0.2) is 15.5 Å². The second-order valence-corrected chi connectivity index (χ2v) is 7.63. The minimum Gasteiger partial charge on any atom is -0.346 e. The van der Waals surface area contributed by atoms with Crippen LogP contribution in [0.2, 0.25) is 0 Å². The van der Waals surface area contributed by atoms with E-state index in [1.165, 1.54) is 23.4 Å². The molecule has 0 saturated carbocycles. The van der Waals surface area contributed by atoms with Crippen LogP contribution in [0.25, 0.3) is 0 Å². The Hall–Kier alpha value is -2.39. The van der Waals surface area contributed by atoms with Crippen LogP contribution < -0.4 is 0 Å². The van der Waals surface area contributed by atoms with E-state index in [9.17, 15) is 4.39 Å². The Balaban J connectivity index is 1.77. The molecule has 0 spiro atoms. The van der Waals surface area contributed by atoms with Gasteiger partial charge in [0, 0.05) is 37.6 Å². The summed E-state index contributed by atoms with van der Waals surface area (Å²) in [5.74, 6) is 0.389. The molecule has 1 aromatic heterocycles. The first-order chi connectivity index (χ1) is 13.0. The molecular formula is C24H29FN2. The van der Waals surface area contributed by atoms with Gasteiger partial charge in [-0.1, -0.05) is 56.3 Å². The molecule has 3 heteroatoms. The number of aromatic nitrogens is 1. The summed E-state index contributed by atoms with van der Waals surface area (Å²) in [5, 5.41) is 0. The lowest BCUT2D eigenvalue weighted by Crippen LogP contribution is -2.36. The van der Waals surface area contributed by atoms with Gasteiger partial charge in [0.2, 0.25) is 0 Å². The van der Waals surface area contributed by atoms with Crippen molar-refractivity contribution in [1.29, 1.82) is 0 Å². The molecule has 0 amide bonds. The Morgan fingerprint density at radius 2 is 1.52 bits per heavy atom. The molecule has 0 bridgehead atoms. The zero-order chi connectivity index (χ0) is 19.2. The Labute approximate surface area is 162 Å². The largest absolute Gasteiger partial charge is 0.346 e. The minimum absolute atomic E-state index is 0.189. The highest BCUT2D eigenvalue weighted by atomic mass is 19.1. The van der Waals surface area contributed by atoms with Crippen molar-refractivity contribution in [3.63, 3.8) is 0 Å².